The molecule has 0 N–H and O–H groups in total. The molecule has 1 saturated carbocycles. The van der Waals surface area contributed by atoms with Crippen LogP contribution in [0.15, 0.2) is 54.6 Å². The smallest absolute Gasteiger partial charge is 0.242 e. The van der Waals surface area contributed by atoms with Crippen molar-refractivity contribution in [2.24, 2.45) is 5.92 Å². The average molecular weight is 548 g/mol. The second-order valence-corrected chi connectivity index (χ2v) is 10.5. The molecule has 10 heteroatoms. The number of benzene rings is 2. The first-order valence-corrected chi connectivity index (χ1v) is 13.7. The molecule has 1 aromatic heterocycles. The van der Waals surface area contributed by atoms with Gasteiger partial charge in [-0.25, -0.2) is 0 Å². The lowest BCUT2D eigenvalue weighted by molar-refractivity contribution is -0.141. The van der Waals surface area contributed by atoms with Crippen molar-refractivity contribution in [3.63, 3.8) is 0 Å². The summed E-state index contributed by atoms with van der Waals surface area (Å²) in [4.78, 5) is 32.2. The zero-order valence-corrected chi connectivity index (χ0v) is 22.3. The van der Waals surface area contributed by atoms with Crippen LogP contribution in [0.4, 0.5) is 5.82 Å². The van der Waals surface area contributed by atoms with E-state index in [2.05, 4.69) is 15.1 Å². The molecule has 1 saturated heterocycles. The monoisotopic (exact) mass is 547 g/mol. The third-order valence-corrected chi connectivity index (χ3v) is 7.68. The summed E-state index contributed by atoms with van der Waals surface area (Å²) in [5.41, 5.74) is 2.48. The van der Waals surface area contributed by atoms with E-state index in [1.165, 1.54) is 0 Å². The Morgan fingerprint density at radius 3 is 2.59 bits per heavy atom. The second kappa shape index (κ2) is 11.1. The van der Waals surface area contributed by atoms with Gasteiger partial charge in [0.05, 0.1) is 10.7 Å². The number of rotatable bonds is 7. The number of amides is 2. The highest BCUT2D eigenvalue weighted by molar-refractivity contribution is 6.33. The molecule has 6 rings (SSSR count). The first kappa shape index (κ1) is 25.4. The summed E-state index contributed by atoms with van der Waals surface area (Å²) in [6.07, 6.45) is 2.58. The third kappa shape index (κ3) is 5.78. The van der Waals surface area contributed by atoms with E-state index in [1.807, 2.05) is 59.5 Å². The summed E-state index contributed by atoms with van der Waals surface area (Å²) in [5, 5.41) is 9.47. The van der Waals surface area contributed by atoms with Gasteiger partial charge in [-0.05, 0) is 55.2 Å². The molecule has 3 aromatic rings. The van der Waals surface area contributed by atoms with Gasteiger partial charge in [0, 0.05) is 44.2 Å². The van der Waals surface area contributed by atoms with Gasteiger partial charge in [0.2, 0.25) is 18.6 Å². The Kier molecular flexibility index (Phi) is 7.24. The number of fused-ring (bicyclic) bond motifs is 1. The van der Waals surface area contributed by atoms with E-state index in [0.29, 0.717) is 42.7 Å². The summed E-state index contributed by atoms with van der Waals surface area (Å²) >= 11 is 6.31. The molecule has 9 nitrogen and oxygen atoms in total. The molecule has 202 valence electrons. The maximum Gasteiger partial charge on any atom is 0.242 e. The molecule has 2 aromatic carbocycles. The number of hydrogen-bond donors (Lipinski definition) is 0. The van der Waals surface area contributed by atoms with Crippen molar-refractivity contribution < 1.29 is 19.1 Å². The van der Waals surface area contributed by atoms with Crippen molar-refractivity contribution in [2.75, 3.05) is 44.4 Å². The normalized spacial score (nSPS) is 16.6. The van der Waals surface area contributed by atoms with Gasteiger partial charge >= 0.3 is 0 Å². The fourth-order valence-electron chi connectivity index (χ4n) is 5.03. The van der Waals surface area contributed by atoms with Gasteiger partial charge in [-0.1, -0.05) is 35.9 Å². The number of hydrogen-bond acceptors (Lipinski definition) is 7. The van der Waals surface area contributed by atoms with Gasteiger partial charge in [-0.2, -0.15) is 0 Å². The van der Waals surface area contributed by atoms with Crippen molar-refractivity contribution in [2.45, 2.75) is 25.8 Å². The number of anilines is 1. The van der Waals surface area contributed by atoms with Crippen LogP contribution in [0.25, 0.3) is 11.3 Å². The standard InChI is InChI=1S/C29H30ClN5O4/c30-23-5-2-1-4-22(23)24-9-11-27(32-31-24)33-12-3-13-34(15-14-33)28(36)18-35(29(37)21-7-8-21)17-20-6-10-25-26(16-20)39-19-38-25/h1-2,4-6,9-11,16,21H,3,7-8,12-15,17-19H2. The lowest BCUT2D eigenvalue weighted by Gasteiger charge is -2.27. The van der Waals surface area contributed by atoms with E-state index in [0.717, 1.165) is 48.4 Å². The highest BCUT2D eigenvalue weighted by Gasteiger charge is 2.35. The minimum atomic E-state index is -0.0354. The predicted octanol–water partition coefficient (Wildman–Crippen LogP) is 4.00. The van der Waals surface area contributed by atoms with E-state index in [-0.39, 0.29) is 31.1 Å². The SMILES string of the molecule is O=C(CN(Cc1ccc2c(c1)OCO2)C(=O)C1CC1)N1CCCN(c2ccc(-c3ccccc3Cl)nn2)CC1. The number of nitrogens with zero attached hydrogens (tertiary/aromatic N) is 5. The van der Waals surface area contributed by atoms with Crippen LogP contribution >= 0.6 is 11.6 Å². The fraction of sp³-hybridized carbons (Fsp3) is 0.379. The minimum Gasteiger partial charge on any atom is -0.454 e. The molecule has 0 atom stereocenters. The van der Waals surface area contributed by atoms with Gasteiger partial charge < -0.3 is 24.2 Å². The summed E-state index contributed by atoms with van der Waals surface area (Å²) in [6, 6.07) is 17.1. The van der Waals surface area contributed by atoms with Crippen LogP contribution in [0.5, 0.6) is 11.5 Å². The molecule has 2 amide bonds. The van der Waals surface area contributed by atoms with E-state index < -0.39 is 0 Å². The van der Waals surface area contributed by atoms with Crippen LogP contribution in [0, 0.1) is 5.92 Å². The first-order chi connectivity index (χ1) is 19.0. The Morgan fingerprint density at radius 2 is 1.79 bits per heavy atom. The molecule has 0 unspecified atom stereocenters. The van der Waals surface area contributed by atoms with E-state index in [1.54, 1.807) is 4.90 Å². The molecule has 0 bridgehead atoms. The highest BCUT2D eigenvalue weighted by atomic mass is 35.5. The molecule has 0 radical (unpaired) electrons. The van der Waals surface area contributed by atoms with Crippen molar-refractivity contribution in [1.29, 1.82) is 0 Å². The number of carbonyl (C=O) groups is 2. The number of carbonyl (C=O) groups excluding carboxylic acids is 2. The summed E-state index contributed by atoms with van der Waals surface area (Å²) in [7, 11) is 0. The molecule has 0 spiro atoms. The van der Waals surface area contributed by atoms with Crippen LogP contribution in [0.2, 0.25) is 5.02 Å². The quantitative estimate of drug-likeness (QED) is 0.442. The first-order valence-electron chi connectivity index (χ1n) is 13.3. The minimum absolute atomic E-state index is 0.0266. The Hall–Kier alpha value is -3.85. The zero-order valence-electron chi connectivity index (χ0n) is 21.6. The van der Waals surface area contributed by atoms with E-state index >= 15 is 0 Å². The largest absolute Gasteiger partial charge is 0.454 e. The maximum absolute atomic E-state index is 13.4. The Labute approximate surface area is 232 Å². The van der Waals surface area contributed by atoms with Crippen molar-refractivity contribution >= 4 is 29.2 Å². The van der Waals surface area contributed by atoms with Crippen LogP contribution in [0.1, 0.15) is 24.8 Å². The van der Waals surface area contributed by atoms with Gasteiger partial charge in [-0.15, -0.1) is 10.2 Å². The lowest BCUT2D eigenvalue weighted by Crippen LogP contribution is -2.44. The van der Waals surface area contributed by atoms with Gasteiger partial charge in [0.25, 0.3) is 0 Å². The van der Waals surface area contributed by atoms with Crippen LogP contribution in [-0.4, -0.2) is 71.3 Å². The number of halogens is 1. The predicted molar refractivity (Wildman–Crippen MR) is 147 cm³/mol. The van der Waals surface area contributed by atoms with Crippen molar-refractivity contribution in [3.8, 4) is 22.8 Å². The molecule has 2 aliphatic heterocycles. The molecular formula is C29H30ClN5O4. The zero-order chi connectivity index (χ0) is 26.8. The molecule has 3 heterocycles. The third-order valence-electron chi connectivity index (χ3n) is 7.35. The molecule has 1 aliphatic carbocycles. The number of ether oxygens (including phenoxy) is 2. The lowest BCUT2D eigenvalue weighted by atomic mass is 10.1. The fourth-order valence-corrected chi connectivity index (χ4v) is 5.26. The van der Waals surface area contributed by atoms with Gasteiger partial charge in [-0.3, -0.25) is 9.59 Å². The molecule has 2 fully saturated rings. The van der Waals surface area contributed by atoms with Crippen molar-refractivity contribution in [3.05, 3.63) is 65.2 Å². The Bertz CT molecular complexity index is 1360. The molecular weight excluding hydrogens is 518 g/mol. The summed E-state index contributed by atoms with van der Waals surface area (Å²) < 4.78 is 10.9. The van der Waals surface area contributed by atoms with Crippen molar-refractivity contribution in [1.82, 2.24) is 20.0 Å². The van der Waals surface area contributed by atoms with Crippen LogP contribution < -0.4 is 14.4 Å². The second-order valence-electron chi connectivity index (χ2n) is 10.1. The number of aromatic nitrogens is 2. The summed E-state index contributed by atoms with van der Waals surface area (Å²) in [5.74, 6) is 2.19. The summed E-state index contributed by atoms with van der Waals surface area (Å²) in [6.45, 7) is 3.24. The van der Waals surface area contributed by atoms with Crippen LogP contribution in [0.3, 0.4) is 0 Å². The maximum atomic E-state index is 13.4. The van der Waals surface area contributed by atoms with Gasteiger partial charge in [0.15, 0.2) is 17.3 Å². The highest BCUT2D eigenvalue weighted by Crippen LogP contribution is 2.34. The Morgan fingerprint density at radius 1 is 0.949 bits per heavy atom. The van der Waals surface area contributed by atoms with Crippen LogP contribution in [-0.2, 0) is 16.1 Å². The van der Waals surface area contributed by atoms with E-state index in [4.69, 9.17) is 21.1 Å². The molecule has 39 heavy (non-hydrogen) atoms. The molecule has 3 aliphatic rings. The average Bonchev–Trinajstić information content (AvgIpc) is 3.75. The van der Waals surface area contributed by atoms with E-state index in [9.17, 15) is 9.59 Å². The topological polar surface area (TPSA) is 88.1 Å². The Balaban J connectivity index is 1.09. The van der Waals surface area contributed by atoms with Gasteiger partial charge in [0.1, 0.15) is 6.54 Å².